The first-order valence-corrected chi connectivity index (χ1v) is 4.91. The summed E-state index contributed by atoms with van der Waals surface area (Å²) in [6.45, 7) is 1.73. The molecule has 0 aromatic heterocycles. The predicted octanol–water partition coefficient (Wildman–Crippen LogP) is 1.58. The van der Waals surface area contributed by atoms with Crippen molar-refractivity contribution >= 4 is 11.9 Å². The van der Waals surface area contributed by atoms with E-state index in [4.69, 9.17) is 4.74 Å². The van der Waals surface area contributed by atoms with Crippen LogP contribution in [0.4, 0.5) is 0 Å². The average molecular weight is 238 g/mol. The van der Waals surface area contributed by atoms with Crippen LogP contribution in [-0.4, -0.2) is 33.3 Å². The van der Waals surface area contributed by atoms with E-state index in [2.05, 4.69) is 9.47 Å². The molecule has 0 saturated heterocycles. The molecule has 0 unspecified atom stereocenters. The summed E-state index contributed by atoms with van der Waals surface area (Å²) >= 11 is 0. The van der Waals surface area contributed by atoms with Gasteiger partial charge in [-0.3, -0.25) is 0 Å². The molecule has 92 valence electrons. The second kappa shape index (κ2) is 5.34. The number of carbonyl (C=O) groups excluding carboxylic acids is 2. The molecule has 0 heterocycles. The van der Waals surface area contributed by atoms with Crippen LogP contribution in [0, 0.1) is 6.92 Å². The molecule has 0 aliphatic carbocycles. The summed E-state index contributed by atoms with van der Waals surface area (Å²) in [4.78, 5) is 23.1. The topological polar surface area (TPSA) is 61.8 Å². The predicted molar refractivity (Wildman–Crippen MR) is 60.4 cm³/mol. The van der Waals surface area contributed by atoms with Crippen molar-refractivity contribution in [1.82, 2.24) is 0 Å². The Morgan fingerprint density at radius 1 is 1.00 bits per heavy atom. The highest BCUT2D eigenvalue weighted by Crippen LogP contribution is 2.28. The fourth-order valence-electron chi connectivity index (χ4n) is 1.52. The van der Waals surface area contributed by atoms with Crippen LogP contribution in [-0.2, 0) is 9.47 Å². The number of methoxy groups -OCH3 is 3. The van der Waals surface area contributed by atoms with Gasteiger partial charge in [-0.1, -0.05) is 6.07 Å². The Hall–Kier alpha value is -2.04. The molecular weight excluding hydrogens is 224 g/mol. The highest BCUT2D eigenvalue weighted by Gasteiger charge is 2.23. The first-order chi connectivity index (χ1) is 8.06. The van der Waals surface area contributed by atoms with Crippen molar-refractivity contribution in [3.63, 3.8) is 0 Å². The fourth-order valence-corrected chi connectivity index (χ4v) is 1.52. The Bertz CT molecular complexity index is 450. The maximum atomic E-state index is 11.6. The fraction of sp³-hybridized carbons (Fsp3) is 0.333. The van der Waals surface area contributed by atoms with E-state index in [9.17, 15) is 9.59 Å². The molecule has 5 nitrogen and oxygen atoms in total. The van der Waals surface area contributed by atoms with Gasteiger partial charge in [0.2, 0.25) is 0 Å². The van der Waals surface area contributed by atoms with Crippen LogP contribution in [0.1, 0.15) is 26.3 Å². The summed E-state index contributed by atoms with van der Waals surface area (Å²) in [6.07, 6.45) is 0. The molecule has 1 aromatic carbocycles. The van der Waals surface area contributed by atoms with Gasteiger partial charge >= 0.3 is 11.9 Å². The minimum atomic E-state index is -0.563. The molecule has 0 saturated carbocycles. The van der Waals surface area contributed by atoms with Crippen molar-refractivity contribution in [2.45, 2.75) is 6.92 Å². The number of hydrogen-bond donors (Lipinski definition) is 0. The number of esters is 2. The van der Waals surface area contributed by atoms with Gasteiger partial charge in [0.15, 0.2) is 0 Å². The van der Waals surface area contributed by atoms with Gasteiger partial charge in [-0.2, -0.15) is 0 Å². The quantitative estimate of drug-likeness (QED) is 0.748. The second-order valence-corrected chi connectivity index (χ2v) is 3.32. The molecule has 5 heteroatoms. The summed E-state index contributed by atoms with van der Waals surface area (Å²) in [6, 6.07) is 3.19. The number of ether oxygens (including phenoxy) is 3. The Labute approximate surface area is 99.3 Å². The van der Waals surface area contributed by atoms with Crippen molar-refractivity contribution in [3.05, 3.63) is 28.8 Å². The molecule has 0 fully saturated rings. The van der Waals surface area contributed by atoms with Gasteiger partial charge in [0.1, 0.15) is 16.9 Å². The lowest BCUT2D eigenvalue weighted by Gasteiger charge is -2.13. The van der Waals surface area contributed by atoms with Crippen molar-refractivity contribution < 1.29 is 23.8 Å². The zero-order valence-electron chi connectivity index (χ0n) is 10.2. The van der Waals surface area contributed by atoms with Crippen molar-refractivity contribution in [3.8, 4) is 5.75 Å². The van der Waals surface area contributed by atoms with E-state index >= 15 is 0 Å². The van der Waals surface area contributed by atoms with Crippen molar-refractivity contribution in [2.75, 3.05) is 21.3 Å². The van der Waals surface area contributed by atoms with Gasteiger partial charge in [0.25, 0.3) is 0 Å². The van der Waals surface area contributed by atoms with Gasteiger partial charge in [0.05, 0.1) is 21.3 Å². The first-order valence-electron chi connectivity index (χ1n) is 4.91. The zero-order valence-corrected chi connectivity index (χ0v) is 10.2. The lowest BCUT2D eigenvalue weighted by atomic mass is 10.0. The Kier molecular flexibility index (Phi) is 4.09. The van der Waals surface area contributed by atoms with E-state index in [-0.39, 0.29) is 16.9 Å². The summed E-state index contributed by atoms with van der Waals surface area (Å²) < 4.78 is 14.4. The Balaban J connectivity index is 3.46. The van der Waals surface area contributed by atoms with E-state index in [0.29, 0.717) is 5.56 Å². The summed E-state index contributed by atoms with van der Waals surface area (Å²) in [5.74, 6) is -0.944. The molecule has 1 rings (SSSR count). The van der Waals surface area contributed by atoms with Crippen molar-refractivity contribution in [2.24, 2.45) is 0 Å². The number of carbonyl (C=O) groups is 2. The smallest absolute Gasteiger partial charge is 0.341 e. The third kappa shape index (κ3) is 2.38. The zero-order chi connectivity index (χ0) is 13.0. The molecule has 0 aliphatic heterocycles. The minimum Gasteiger partial charge on any atom is -0.495 e. The number of rotatable bonds is 3. The minimum absolute atomic E-state index is 0.170. The molecule has 0 aliphatic rings. The molecule has 0 spiro atoms. The number of benzene rings is 1. The SMILES string of the molecule is COC(=O)c1ccc(C)c(C(=O)OC)c1OC. The average Bonchev–Trinajstić information content (AvgIpc) is 2.36. The lowest BCUT2D eigenvalue weighted by Crippen LogP contribution is -2.12. The van der Waals surface area contributed by atoms with Gasteiger partial charge in [-0.05, 0) is 18.6 Å². The molecule has 0 bridgehead atoms. The van der Waals surface area contributed by atoms with Gasteiger partial charge in [-0.15, -0.1) is 0 Å². The normalized spacial score (nSPS) is 9.65. The van der Waals surface area contributed by atoms with E-state index in [0.717, 1.165) is 0 Å². The van der Waals surface area contributed by atoms with Gasteiger partial charge in [0, 0.05) is 0 Å². The lowest BCUT2D eigenvalue weighted by molar-refractivity contribution is 0.0591. The molecule has 0 amide bonds. The highest BCUT2D eigenvalue weighted by molar-refractivity contribution is 6.01. The van der Waals surface area contributed by atoms with Crippen LogP contribution in [0.2, 0.25) is 0 Å². The van der Waals surface area contributed by atoms with Gasteiger partial charge < -0.3 is 14.2 Å². The highest BCUT2D eigenvalue weighted by atomic mass is 16.5. The first kappa shape index (κ1) is 13.0. The summed E-state index contributed by atoms with van der Waals surface area (Å²) in [5.41, 5.74) is 1.10. The largest absolute Gasteiger partial charge is 0.495 e. The molecule has 0 radical (unpaired) electrons. The molecular formula is C12H14O5. The van der Waals surface area contributed by atoms with Crippen LogP contribution in [0.5, 0.6) is 5.75 Å². The van der Waals surface area contributed by atoms with E-state index in [1.807, 2.05) is 0 Å². The standard InChI is InChI=1S/C12H14O5/c1-7-5-6-8(11(13)16-3)10(15-2)9(7)12(14)17-4/h5-6H,1-4H3. The van der Waals surface area contributed by atoms with E-state index in [1.54, 1.807) is 19.1 Å². The van der Waals surface area contributed by atoms with Gasteiger partial charge in [-0.25, -0.2) is 9.59 Å². The van der Waals surface area contributed by atoms with Crippen molar-refractivity contribution in [1.29, 1.82) is 0 Å². The Morgan fingerprint density at radius 3 is 2.06 bits per heavy atom. The number of aryl methyl sites for hydroxylation is 1. The summed E-state index contributed by atoms with van der Waals surface area (Å²) in [7, 11) is 3.92. The van der Waals surface area contributed by atoms with E-state index in [1.165, 1.54) is 21.3 Å². The molecule has 17 heavy (non-hydrogen) atoms. The monoisotopic (exact) mass is 238 g/mol. The second-order valence-electron chi connectivity index (χ2n) is 3.32. The van der Waals surface area contributed by atoms with Crippen LogP contribution < -0.4 is 4.74 Å². The molecule has 0 N–H and O–H groups in total. The van der Waals surface area contributed by atoms with Crippen LogP contribution in [0.15, 0.2) is 12.1 Å². The molecule has 0 atom stereocenters. The number of hydrogen-bond acceptors (Lipinski definition) is 5. The third-order valence-electron chi connectivity index (χ3n) is 2.36. The maximum absolute atomic E-state index is 11.6. The van der Waals surface area contributed by atoms with Crippen LogP contribution >= 0.6 is 0 Å². The molecule has 1 aromatic rings. The Morgan fingerprint density at radius 2 is 1.59 bits per heavy atom. The van der Waals surface area contributed by atoms with Crippen LogP contribution in [0.3, 0.4) is 0 Å². The van der Waals surface area contributed by atoms with E-state index < -0.39 is 11.9 Å². The van der Waals surface area contributed by atoms with Crippen LogP contribution in [0.25, 0.3) is 0 Å². The summed E-state index contributed by atoms with van der Waals surface area (Å²) in [5, 5.41) is 0. The maximum Gasteiger partial charge on any atom is 0.341 e. The third-order valence-corrected chi connectivity index (χ3v) is 2.36.